The van der Waals surface area contributed by atoms with Gasteiger partial charge in [0.15, 0.2) is 0 Å². The van der Waals surface area contributed by atoms with Crippen molar-refractivity contribution in [1.82, 2.24) is 0 Å². The van der Waals surface area contributed by atoms with E-state index in [2.05, 4.69) is 0 Å². The average molecular weight is 227 g/mol. The lowest BCUT2D eigenvalue weighted by molar-refractivity contribution is -0.122. The second-order valence-electron chi connectivity index (χ2n) is 4.36. The van der Waals surface area contributed by atoms with Gasteiger partial charge < -0.3 is 5.73 Å². The van der Waals surface area contributed by atoms with Crippen LogP contribution in [-0.4, -0.2) is 5.78 Å². The first-order chi connectivity index (χ1) is 8.19. The summed E-state index contributed by atoms with van der Waals surface area (Å²) in [6.07, 6.45) is 9.27. The lowest BCUT2D eigenvalue weighted by atomic mass is 9.71. The maximum Gasteiger partial charge on any atom is 0.147 e. The Kier molecular flexibility index (Phi) is 3.14. The van der Waals surface area contributed by atoms with E-state index in [-0.39, 0.29) is 5.78 Å². The summed E-state index contributed by atoms with van der Waals surface area (Å²) < 4.78 is 0. The van der Waals surface area contributed by atoms with Gasteiger partial charge in [-0.15, -0.1) is 0 Å². The molecule has 1 aromatic carbocycles. The molecule has 88 valence electrons. The molecule has 1 aliphatic rings. The van der Waals surface area contributed by atoms with Gasteiger partial charge in [0.05, 0.1) is 5.41 Å². The Morgan fingerprint density at radius 1 is 1.29 bits per heavy atom. The van der Waals surface area contributed by atoms with Gasteiger partial charge in [0.25, 0.3) is 0 Å². The molecule has 0 heterocycles. The van der Waals surface area contributed by atoms with Crippen LogP contribution in [0.15, 0.2) is 48.6 Å². The molecule has 0 amide bonds. The molecule has 0 saturated heterocycles. The number of allylic oxidation sites excluding steroid dienone is 4. The molecule has 0 bridgehead atoms. The van der Waals surface area contributed by atoms with Gasteiger partial charge in [-0.25, -0.2) is 0 Å². The van der Waals surface area contributed by atoms with Gasteiger partial charge in [-0.1, -0.05) is 43.4 Å². The van der Waals surface area contributed by atoms with Crippen molar-refractivity contribution in [3.05, 3.63) is 54.1 Å². The highest BCUT2D eigenvalue weighted by molar-refractivity contribution is 5.92. The molecule has 2 rings (SSSR count). The van der Waals surface area contributed by atoms with Crippen LogP contribution in [-0.2, 0) is 10.2 Å². The molecule has 1 aromatic rings. The number of hydrogen-bond acceptors (Lipinski definition) is 2. The summed E-state index contributed by atoms with van der Waals surface area (Å²) in [5.41, 5.74) is 6.95. The topological polar surface area (TPSA) is 43.1 Å². The predicted molar refractivity (Wildman–Crippen MR) is 70.7 cm³/mol. The fourth-order valence-corrected chi connectivity index (χ4v) is 2.30. The summed E-state index contributed by atoms with van der Waals surface area (Å²) in [4.78, 5) is 12.3. The van der Waals surface area contributed by atoms with E-state index in [4.69, 9.17) is 5.73 Å². The summed E-state index contributed by atoms with van der Waals surface area (Å²) in [5.74, 6) is 0.253. The first kappa shape index (κ1) is 11.6. The van der Waals surface area contributed by atoms with E-state index in [1.807, 2.05) is 55.5 Å². The Balaban J connectivity index is 2.47. The Hall–Kier alpha value is -1.83. The smallest absolute Gasteiger partial charge is 0.147 e. The van der Waals surface area contributed by atoms with E-state index in [0.29, 0.717) is 6.42 Å². The third-order valence-electron chi connectivity index (χ3n) is 3.31. The van der Waals surface area contributed by atoms with Crippen molar-refractivity contribution >= 4 is 11.5 Å². The van der Waals surface area contributed by atoms with E-state index < -0.39 is 5.41 Å². The molecule has 0 saturated carbocycles. The number of nitrogens with two attached hydrogens (primary N) is 1. The Labute approximate surface area is 102 Å². The summed E-state index contributed by atoms with van der Waals surface area (Å²) >= 11 is 0. The Morgan fingerprint density at radius 3 is 2.53 bits per heavy atom. The molecule has 1 atom stereocenters. The number of nitrogen functional groups attached to an aromatic ring is 1. The van der Waals surface area contributed by atoms with Gasteiger partial charge in [0.1, 0.15) is 5.78 Å². The van der Waals surface area contributed by atoms with E-state index in [1.165, 1.54) is 0 Å². The number of hydrogen-bond donors (Lipinski definition) is 1. The van der Waals surface area contributed by atoms with E-state index >= 15 is 0 Å². The third kappa shape index (κ3) is 2.03. The molecular formula is C15H17NO. The molecule has 0 radical (unpaired) electrons. The molecule has 1 aliphatic carbocycles. The number of ketones is 1. The minimum absolute atomic E-state index is 0.253. The van der Waals surface area contributed by atoms with E-state index in [0.717, 1.165) is 17.7 Å². The van der Waals surface area contributed by atoms with Crippen molar-refractivity contribution in [3.63, 3.8) is 0 Å². The summed E-state index contributed by atoms with van der Waals surface area (Å²) in [5, 5.41) is 0. The molecule has 2 nitrogen and oxygen atoms in total. The van der Waals surface area contributed by atoms with Crippen LogP contribution in [0.3, 0.4) is 0 Å². The zero-order valence-corrected chi connectivity index (χ0v) is 10.0. The zero-order chi connectivity index (χ0) is 12.3. The van der Waals surface area contributed by atoms with Crippen LogP contribution in [0.1, 0.15) is 25.3 Å². The fourth-order valence-electron chi connectivity index (χ4n) is 2.30. The summed E-state index contributed by atoms with van der Waals surface area (Å²) in [7, 11) is 0. The van der Waals surface area contributed by atoms with Gasteiger partial charge in [0, 0.05) is 12.1 Å². The number of benzene rings is 1. The number of Topliss-reactive ketones (excluding diaryl/α,β-unsaturated/α-hetero) is 1. The van der Waals surface area contributed by atoms with Crippen LogP contribution >= 0.6 is 0 Å². The van der Waals surface area contributed by atoms with Crippen LogP contribution < -0.4 is 5.73 Å². The van der Waals surface area contributed by atoms with E-state index in [1.54, 1.807) is 0 Å². The third-order valence-corrected chi connectivity index (χ3v) is 3.31. The standard InChI is InChI=1S/C15H17NO/c1-2-14(17)15(10-4-3-5-11-15)12-6-8-13(16)9-7-12/h3-10H,2,11,16H2,1H3. The maximum absolute atomic E-state index is 12.3. The molecule has 0 spiro atoms. The zero-order valence-electron chi connectivity index (χ0n) is 10.0. The van der Waals surface area contributed by atoms with Crippen LogP contribution in [0.4, 0.5) is 5.69 Å². The van der Waals surface area contributed by atoms with E-state index in [9.17, 15) is 4.79 Å². The highest BCUT2D eigenvalue weighted by atomic mass is 16.1. The number of anilines is 1. The first-order valence-electron chi connectivity index (χ1n) is 5.93. The minimum Gasteiger partial charge on any atom is -0.399 e. The normalized spacial score (nSPS) is 22.6. The Bertz CT molecular complexity index is 470. The quantitative estimate of drug-likeness (QED) is 0.807. The number of carbonyl (C=O) groups is 1. The van der Waals surface area contributed by atoms with Crippen molar-refractivity contribution < 1.29 is 4.79 Å². The van der Waals surface area contributed by atoms with Crippen molar-refractivity contribution in [2.75, 3.05) is 5.73 Å². The lowest BCUT2D eigenvalue weighted by Gasteiger charge is -2.30. The van der Waals surface area contributed by atoms with Crippen molar-refractivity contribution in [1.29, 1.82) is 0 Å². The summed E-state index contributed by atoms with van der Waals surface area (Å²) in [6, 6.07) is 7.61. The van der Waals surface area contributed by atoms with Crippen molar-refractivity contribution in [2.45, 2.75) is 25.2 Å². The van der Waals surface area contributed by atoms with Crippen molar-refractivity contribution in [2.24, 2.45) is 0 Å². The molecular weight excluding hydrogens is 210 g/mol. The second-order valence-corrected chi connectivity index (χ2v) is 4.36. The molecule has 0 aliphatic heterocycles. The molecule has 0 fully saturated rings. The SMILES string of the molecule is CCC(=O)C1(c2ccc(N)cc2)C=CC=CC1. The first-order valence-corrected chi connectivity index (χ1v) is 5.93. The molecule has 17 heavy (non-hydrogen) atoms. The predicted octanol–water partition coefficient (Wildman–Crippen LogP) is 3.00. The Morgan fingerprint density at radius 2 is 2.00 bits per heavy atom. The number of carbonyl (C=O) groups excluding carboxylic acids is 1. The fraction of sp³-hybridized carbons (Fsp3) is 0.267. The minimum atomic E-state index is -0.489. The summed E-state index contributed by atoms with van der Waals surface area (Å²) in [6.45, 7) is 1.91. The average Bonchev–Trinajstić information content (AvgIpc) is 2.39. The maximum atomic E-state index is 12.3. The monoisotopic (exact) mass is 227 g/mol. The largest absolute Gasteiger partial charge is 0.399 e. The van der Waals surface area contributed by atoms with Crippen LogP contribution in [0, 0.1) is 0 Å². The van der Waals surface area contributed by atoms with Gasteiger partial charge in [-0.05, 0) is 24.1 Å². The van der Waals surface area contributed by atoms with Gasteiger partial charge >= 0.3 is 0 Å². The van der Waals surface area contributed by atoms with Gasteiger partial charge in [-0.3, -0.25) is 4.79 Å². The van der Waals surface area contributed by atoms with Crippen LogP contribution in [0.5, 0.6) is 0 Å². The van der Waals surface area contributed by atoms with Crippen LogP contribution in [0.25, 0.3) is 0 Å². The lowest BCUT2D eigenvalue weighted by Crippen LogP contribution is -2.33. The van der Waals surface area contributed by atoms with Gasteiger partial charge in [-0.2, -0.15) is 0 Å². The second kappa shape index (κ2) is 4.58. The molecule has 2 N–H and O–H groups in total. The van der Waals surface area contributed by atoms with Crippen LogP contribution in [0.2, 0.25) is 0 Å². The number of rotatable bonds is 3. The van der Waals surface area contributed by atoms with Crippen molar-refractivity contribution in [3.8, 4) is 0 Å². The molecule has 1 unspecified atom stereocenters. The highest BCUT2D eigenvalue weighted by Gasteiger charge is 2.35. The molecule has 0 aromatic heterocycles. The molecule has 2 heteroatoms. The van der Waals surface area contributed by atoms with Gasteiger partial charge in [0.2, 0.25) is 0 Å². The highest BCUT2D eigenvalue weighted by Crippen LogP contribution is 2.35.